The first-order valence-electron chi connectivity index (χ1n) is 4.24. The van der Waals surface area contributed by atoms with Gasteiger partial charge in [-0.2, -0.15) is 0 Å². The largest absolute Gasteiger partial charge is 0.325 e. The van der Waals surface area contributed by atoms with Crippen molar-refractivity contribution in [2.24, 2.45) is 13.0 Å². The normalized spacial score (nSPS) is 29.8. The van der Waals surface area contributed by atoms with Gasteiger partial charge in [-0.15, -0.1) is 0 Å². The fourth-order valence-corrected chi connectivity index (χ4v) is 2.09. The molecule has 1 aromatic rings. The molecule has 0 radical (unpaired) electrons. The van der Waals surface area contributed by atoms with E-state index < -0.39 is 0 Å². The summed E-state index contributed by atoms with van der Waals surface area (Å²) in [7, 11) is 1.84. The summed E-state index contributed by atoms with van der Waals surface area (Å²) < 4.78 is 1.74. The minimum Gasteiger partial charge on any atom is -0.306 e. The van der Waals surface area contributed by atoms with Gasteiger partial charge in [0.1, 0.15) is 0 Å². The Morgan fingerprint density at radius 2 is 2.50 bits per heavy atom. The van der Waals surface area contributed by atoms with Crippen molar-refractivity contribution in [2.75, 3.05) is 0 Å². The van der Waals surface area contributed by atoms with E-state index in [1.54, 1.807) is 4.57 Å². The van der Waals surface area contributed by atoms with Gasteiger partial charge in [-0.05, 0) is 18.4 Å². The summed E-state index contributed by atoms with van der Waals surface area (Å²) in [4.78, 5) is 14.1. The first-order chi connectivity index (χ1) is 5.77. The van der Waals surface area contributed by atoms with Crippen molar-refractivity contribution in [3.05, 3.63) is 27.9 Å². The Bertz CT molecular complexity index is 424. The van der Waals surface area contributed by atoms with Crippen LogP contribution >= 0.6 is 0 Å². The molecule has 1 N–H and O–H groups in total. The Morgan fingerprint density at radius 3 is 3.33 bits per heavy atom. The highest BCUT2D eigenvalue weighted by Gasteiger charge is 2.42. The van der Waals surface area contributed by atoms with Crippen LogP contribution in [-0.2, 0) is 7.05 Å². The van der Waals surface area contributed by atoms with E-state index in [0.717, 1.165) is 5.69 Å². The van der Waals surface area contributed by atoms with Crippen LogP contribution in [0.5, 0.6) is 0 Å². The highest BCUT2D eigenvalue weighted by molar-refractivity contribution is 5.55. The maximum Gasteiger partial charge on any atom is 0.325 e. The van der Waals surface area contributed by atoms with E-state index in [0.29, 0.717) is 11.8 Å². The molecule has 2 aliphatic rings. The lowest BCUT2D eigenvalue weighted by Gasteiger charge is -2.04. The molecule has 1 aromatic heterocycles. The molecule has 0 spiro atoms. The van der Waals surface area contributed by atoms with Gasteiger partial charge < -0.3 is 4.98 Å². The Labute approximate surface area is 69.7 Å². The molecule has 62 valence electrons. The molecule has 0 bridgehead atoms. The van der Waals surface area contributed by atoms with E-state index in [4.69, 9.17) is 0 Å². The first kappa shape index (κ1) is 6.29. The molecular weight excluding hydrogens is 152 g/mol. The zero-order chi connectivity index (χ0) is 8.29. The minimum absolute atomic E-state index is 0.0113. The topological polar surface area (TPSA) is 37.8 Å². The van der Waals surface area contributed by atoms with Crippen LogP contribution in [0.1, 0.15) is 23.7 Å². The number of allylic oxidation sites excluding steroid dienone is 1. The number of aromatic amines is 1. The van der Waals surface area contributed by atoms with E-state index in [9.17, 15) is 4.79 Å². The number of nitrogens with zero attached hydrogens (tertiary/aromatic N) is 1. The van der Waals surface area contributed by atoms with Crippen molar-refractivity contribution in [3.63, 3.8) is 0 Å². The van der Waals surface area contributed by atoms with Crippen LogP contribution in [0.25, 0.3) is 6.08 Å². The predicted molar refractivity (Wildman–Crippen MR) is 45.9 cm³/mol. The lowest BCUT2D eigenvalue weighted by Crippen LogP contribution is -2.14. The second-order valence-electron chi connectivity index (χ2n) is 3.65. The zero-order valence-electron chi connectivity index (χ0n) is 6.87. The molecule has 1 heterocycles. The second-order valence-corrected chi connectivity index (χ2v) is 3.65. The van der Waals surface area contributed by atoms with Crippen molar-refractivity contribution in [1.82, 2.24) is 9.55 Å². The molecule has 3 heteroatoms. The maximum absolute atomic E-state index is 11.2. The molecule has 1 fully saturated rings. The number of fused-ring (bicyclic) bond motifs is 3. The Hall–Kier alpha value is -1.25. The summed E-state index contributed by atoms with van der Waals surface area (Å²) in [6, 6.07) is 0. The third-order valence-electron chi connectivity index (χ3n) is 2.88. The van der Waals surface area contributed by atoms with Gasteiger partial charge >= 0.3 is 5.69 Å². The van der Waals surface area contributed by atoms with Crippen molar-refractivity contribution in [2.45, 2.75) is 12.3 Å². The van der Waals surface area contributed by atoms with Gasteiger partial charge in [-0.25, -0.2) is 4.79 Å². The van der Waals surface area contributed by atoms with Gasteiger partial charge in [0.25, 0.3) is 0 Å². The van der Waals surface area contributed by atoms with E-state index in [2.05, 4.69) is 11.1 Å². The van der Waals surface area contributed by atoms with Gasteiger partial charge in [0.15, 0.2) is 0 Å². The zero-order valence-corrected chi connectivity index (χ0v) is 6.87. The molecule has 1 saturated carbocycles. The number of hydrogen-bond donors (Lipinski definition) is 1. The van der Waals surface area contributed by atoms with Gasteiger partial charge in [0, 0.05) is 18.7 Å². The Balaban J connectivity index is 2.34. The van der Waals surface area contributed by atoms with Crippen LogP contribution in [0, 0.1) is 5.92 Å². The molecule has 12 heavy (non-hydrogen) atoms. The second kappa shape index (κ2) is 1.73. The van der Waals surface area contributed by atoms with Crippen LogP contribution in [0.3, 0.4) is 0 Å². The summed E-state index contributed by atoms with van der Waals surface area (Å²) in [5, 5.41) is 0. The fourth-order valence-electron chi connectivity index (χ4n) is 2.09. The predicted octanol–water partition coefficient (Wildman–Crippen LogP) is 0.844. The summed E-state index contributed by atoms with van der Waals surface area (Å²) in [6.07, 6.45) is 5.45. The van der Waals surface area contributed by atoms with Crippen molar-refractivity contribution in [1.29, 1.82) is 0 Å². The van der Waals surface area contributed by atoms with Crippen LogP contribution < -0.4 is 5.69 Å². The monoisotopic (exact) mass is 162 g/mol. The molecular formula is C9H10N2O. The summed E-state index contributed by atoms with van der Waals surface area (Å²) in [5.41, 5.74) is 2.23. The van der Waals surface area contributed by atoms with Crippen LogP contribution in [0.4, 0.5) is 0 Å². The summed E-state index contributed by atoms with van der Waals surface area (Å²) in [6.45, 7) is 0. The number of H-pyrrole nitrogens is 1. The Morgan fingerprint density at radius 1 is 1.67 bits per heavy atom. The van der Waals surface area contributed by atoms with E-state index in [-0.39, 0.29) is 5.69 Å². The van der Waals surface area contributed by atoms with Gasteiger partial charge in [0.05, 0.1) is 5.69 Å². The highest BCUT2D eigenvalue weighted by Crippen LogP contribution is 2.51. The standard InChI is InChI=1S/C9H10N2O/c1-11-8-6-4-5(6)2-3-7(8)10-9(11)12/h2-3,5-6H,4H2,1H3,(H,10,12). The smallest absolute Gasteiger partial charge is 0.306 e. The quantitative estimate of drug-likeness (QED) is 0.603. The van der Waals surface area contributed by atoms with Crippen molar-refractivity contribution < 1.29 is 0 Å². The first-order valence-corrected chi connectivity index (χ1v) is 4.24. The highest BCUT2D eigenvalue weighted by atomic mass is 16.1. The maximum atomic E-state index is 11.2. The number of aromatic nitrogens is 2. The Kier molecular flexibility index (Phi) is 0.908. The number of hydrogen-bond acceptors (Lipinski definition) is 1. The third-order valence-corrected chi connectivity index (χ3v) is 2.88. The molecule has 0 aliphatic heterocycles. The van der Waals surface area contributed by atoms with Crippen LogP contribution in [0.2, 0.25) is 0 Å². The van der Waals surface area contributed by atoms with E-state index in [1.807, 2.05) is 13.1 Å². The molecule has 3 rings (SSSR count). The SMILES string of the molecule is Cn1c2c([nH]c1=O)C=CC1CC21. The number of nitrogens with one attached hydrogen (secondary N) is 1. The van der Waals surface area contributed by atoms with Crippen molar-refractivity contribution in [3.8, 4) is 0 Å². The molecule has 2 aliphatic carbocycles. The van der Waals surface area contributed by atoms with E-state index in [1.165, 1.54) is 12.1 Å². The summed E-state index contributed by atoms with van der Waals surface area (Å²) >= 11 is 0. The average molecular weight is 162 g/mol. The number of imidazole rings is 1. The van der Waals surface area contributed by atoms with Gasteiger partial charge in [0.2, 0.25) is 0 Å². The molecule has 2 atom stereocenters. The van der Waals surface area contributed by atoms with Crippen molar-refractivity contribution >= 4 is 6.08 Å². The minimum atomic E-state index is 0.0113. The lowest BCUT2D eigenvalue weighted by molar-refractivity contribution is 0.777. The van der Waals surface area contributed by atoms with E-state index >= 15 is 0 Å². The number of rotatable bonds is 0. The third kappa shape index (κ3) is 0.594. The van der Waals surface area contributed by atoms with Gasteiger partial charge in [-0.3, -0.25) is 4.57 Å². The molecule has 3 nitrogen and oxygen atoms in total. The molecule has 2 unspecified atom stereocenters. The molecule has 0 amide bonds. The van der Waals surface area contributed by atoms with Gasteiger partial charge in [-0.1, -0.05) is 6.08 Å². The average Bonchev–Trinajstić information content (AvgIpc) is 2.76. The van der Waals surface area contributed by atoms with Crippen LogP contribution in [0.15, 0.2) is 10.9 Å². The summed E-state index contributed by atoms with van der Waals surface area (Å²) in [5.74, 6) is 1.33. The lowest BCUT2D eigenvalue weighted by atomic mass is 10.1. The molecule has 0 aromatic carbocycles. The van der Waals surface area contributed by atoms with Crippen LogP contribution in [-0.4, -0.2) is 9.55 Å². The fraction of sp³-hybridized carbons (Fsp3) is 0.444. The molecule has 0 saturated heterocycles.